The van der Waals surface area contributed by atoms with Crippen LogP contribution in [0.15, 0.2) is 24.3 Å². The van der Waals surface area contributed by atoms with Gasteiger partial charge in [-0.25, -0.2) is 0 Å². The van der Waals surface area contributed by atoms with E-state index in [0.717, 1.165) is 58.3 Å². The molecule has 1 aromatic carbocycles. The average Bonchev–Trinajstić information content (AvgIpc) is 3.00. The van der Waals surface area contributed by atoms with Gasteiger partial charge >= 0.3 is 0 Å². The van der Waals surface area contributed by atoms with E-state index in [-0.39, 0.29) is 24.7 Å². The summed E-state index contributed by atoms with van der Waals surface area (Å²) in [5, 5.41) is 24.8. The summed E-state index contributed by atoms with van der Waals surface area (Å²) in [4.78, 5) is 48.6. The lowest BCUT2D eigenvalue weighted by molar-refractivity contribution is -0.131. The summed E-state index contributed by atoms with van der Waals surface area (Å²) in [7, 11) is 1.52. The van der Waals surface area contributed by atoms with E-state index in [2.05, 4.69) is 31.9 Å². The third kappa shape index (κ3) is 19.8. The number of para-hydroxylation sites is 1. The molecule has 1 aromatic rings. The van der Waals surface area contributed by atoms with Crippen LogP contribution in [0, 0.1) is 5.41 Å². The van der Waals surface area contributed by atoms with Crippen LogP contribution in [0.4, 0.5) is 0 Å². The zero-order valence-electron chi connectivity index (χ0n) is 26.6. The van der Waals surface area contributed by atoms with Gasteiger partial charge in [-0.2, -0.15) is 0 Å². The zero-order chi connectivity index (χ0) is 33.3. The Hall–Kier alpha value is -3.95. The summed E-state index contributed by atoms with van der Waals surface area (Å²) < 4.78 is 5.26. The molecule has 0 spiro atoms. The van der Waals surface area contributed by atoms with Crippen molar-refractivity contribution < 1.29 is 23.9 Å². The number of unbranched alkanes of at least 4 members (excludes halogenated alkanes) is 2. The SMILES string of the molecule is COc1ccccc1CC(=O)NC(CC(N)=O)C(=O)NCCCCCNCCCNCCCNC(=O)C(N)CCCNC(=N)N. The van der Waals surface area contributed by atoms with E-state index < -0.39 is 29.8 Å². The van der Waals surface area contributed by atoms with Gasteiger partial charge in [-0.05, 0) is 70.8 Å². The third-order valence-corrected chi connectivity index (χ3v) is 6.81. The number of carbonyl (C=O) groups is 4. The van der Waals surface area contributed by atoms with E-state index in [1.54, 1.807) is 24.3 Å². The number of methoxy groups -OCH3 is 1. The Morgan fingerprint density at radius 1 is 0.778 bits per heavy atom. The molecule has 0 aromatic heterocycles. The number of nitrogens with two attached hydrogens (primary N) is 3. The van der Waals surface area contributed by atoms with Crippen molar-refractivity contribution in [1.82, 2.24) is 31.9 Å². The first kappa shape index (κ1) is 39.1. The molecule has 0 aliphatic heterocycles. The van der Waals surface area contributed by atoms with Crippen LogP contribution < -0.4 is 53.8 Å². The molecule has 4 amide bonds. The summed E-state index contributed by atoms with van der Waals surface area (Å²) in [6.07, 6.45) is 5.35. The van der Waals surface area contributed by atoms with Crippen LogP contribution in [-0.2, 0) is 25.6 Å². The number of primary amides is 1. The highest BCUT2D eigenvalue weighted by Crippen LogP contribution is 2.17. The number of amides is 4. The quantitative estimate of drug-likeness (QED) is 0.0322. The van der Waals surface area contributed by atoms with Gasteiger partial charge < -0.3 is 53.8 Å². The minimum atomic E-state index is -1.03. The Bertz CT molecular complexity index is 1040. The molecule has 0 bridgehead atoms. The van der Waals surface area contributed by atoms with Crippen LogP contribution in [0.3, 0.4) is 0 Å². The van der Waals surface area contributed by atoms with Gasteiger partial charge in [0.2, 0.25) is 23.6 Å². The molecule has 13 N–H and O–H groups in total. The number of benzene rings is 1. The minimum Gasteiger partial charge on any atom is -0.496 e. The van der Waals surface area contributed by atoms with Gasteiger partial charge in [0, 0.05) is 25.2 Å². The summed E-state index contributed by atoms with van der Waals surface area (Å²) in [5.74, 6) is -1.20. The molecule has 15 heteroatoms. The van der Waals surface area contributed by atoms with Gasteiger partial charge in [-0.3, -0.25) is 24.6 Å². The van der Waals surface area contributed by atoms with E-state index in [4.69, 9.17) is 27.3 Å². The average molecular weight is 635 g/mol. The molecule has 0 heterocycles. The first-order valence-corrected chi connectivity index (χ1v) is 15.6. The van der Waals surface area contributed by atoms with E-state index in [1.807, 2.05) is 0 Å². The Kier molecular flexibility index (Phi) is 21.2. The van der Waals surface area contributed by atoms with Crippen LogP contribution in [0.5, 0.6) is 5.75 Å². The number of rotatable bonds is 26. The van der Waals surface area contributed by atoms with E-state index in [9.17, 15) is 19.2 Å². The molecule has 0 saturated heterocycles. The second-order valence-corrected chi connectivity index (χ2v) is 10.7. The fourth-order valence-electron chi connectivity index (χ4n) is 4.38. The van der Waals surface area contributed by atoms with Crippen molar-refractivity contribution in [1.29, 1.82) is 5.41 Å². The summed E-state index contributed by atoms with van der Waals surface area (Å²) in [6.45, 7) is 4.95. The summed E-state index contributed by atoms with van der Waals surface area (Å²) in [6, 6.07) is 5.51. The summed E-state index contributed by atoms with van der Waals surface area (Å²) in [5.41, 5.74) is 17.1. The maximum absolute atomic E-state index is 12.6. The van der Waals surface area contributed by atoms with Gasteiger partial charge in [-0.1, -0.05) is 24.6 Å². The Morgan fingerprint density at radius 3 is 2.02 bits per heavy atom. The van der Waals surface area contributed by atoms with Gasteiger partial charge in [-0.15, -0.1) is 0 Å². The monoisotopic (exact) mass is 634 g/mol. The van der Waals surface area contributed by atoms with Crippen molar-refractivity contribution in [3.8, 4) is 5.75 Å². The highest BCUT2D eigenvalue weighted by atomic mass is 16.5. The fraction of sp³-hybridized carbons (Fsp3) is 0.633. The first-order chi connectivity index (χ1) is 21.6. The molecule has 2 unspecified atom stereocenters. The predicted molar refractivity (Wildman–Crippen MR) is 174 cm³/mol. The van der Waals surface area contributed by atoms with Crippen LogP contribution in [0.25, 0.3) is 0 Å². The fourth-order valence-corrected chi connectivity index (χ4v) is 4.38. The second kappa shape index (κ2) is 24.4. The lowest BCUT2D eigenvalue weighted by Gasteiger charge is -2.18. The summed E-state index contributed by atoms with van der Waals surface area (Å²) >= 11 is 0. The highest BCUT2D eigenvalue weighted by molar-refractivity contribution is 5.92. The van der Waals surface area contributed by atoms with Gasteiger partial charge in [0.05, 0.1) is 26.0 Å². The number of hydrogen-bond donors (Lipinski definition) is 10. The van der Waals surface area contributed by atoms with Gasteiger partial charge in [0.1, 0.15) is 11.8 Å². The molecule has 0 aliphatic rings. The van der Waals surface area contributed by atoms with Crippen molar-refractivity contribution in [2.75, 3.05) is 52.9 Å². The third-order valence-electron chi connectivity index (χ3n) is 6.81. The van der Waals surface area contributed by atoms with Crippen molar-refractivity contribution in [2.24, 2.45) is 17.2 Å². The largest absolute Gasteiger partial charge is 0.496 e. The predicted octanol–water partition coefficient (Wildman–Crippen LogP) is -1.45. The van der Waals surface area contributed by atoms with Crippen LogP contribution in [0.2, 0.25) is 0 Å². The molecule has 2 atom stereocenters. The molecule has 0 radical (unpaired) electrons. The number of carbonyl (C=O) groups excluding carboxylic acids is 4. The number of ether oxygens (including phenoxy) is 1. The molecule has 0 fully saturated rings. The van der Waals surface area contributed by atoms with E-state index in [0.29, 0.717) is 43.8 Å². The molecule has 0 aliphatic carbocycles. The van der Waals surface area contributed by atoms with E-state index in [1.165, 1.54) is 7.11 Å². The lowest BCUT2D eigenvalue weighted by atomic mass is 10.1. The molecular formula is C30H54N10O5. The Morgan fingerprint density at radius 2 is 1.36 bits per heavy atom. The van der Waals surface area contributed by atoms with Crippen molar-refractivity contribution in [3.05, 3.63) is 29.8 Å². The molecule has 254 valence electrons. The topological polar surface area (TPSA) is 252 Å². The standard InChI is InChI=1S/C30H54N10O5/c1-45-25-12-4-3-10-22(25)20-27(42)40-24(21-26(32)41)29(44)38-17-6-2-5-13-35-14-8-15-36-16-9-19-37-28(43)23(31)11-7-18-39-30(33)34/h3-4,10,12,23-24,35-36H,2,5-9,11,13-21,31H2,1H3,(H2,32,41)(H,37,43)(H,38,44)(H,40,42)(H4,33,34,39). The Balaban J connectivity index is 2.05. The maximum Gasteiger partial charge on any atom is 0.243 e. The zero-order valence-corrected chi connectivity index (χ0v) is 26.6. The van der Waals surface area contributed by atoms with Crippen molar-refractivity contribution in [2.45, 2.75) is 69.9 Å². The molecular weight excluding hydrogens is 580 g/mol. The normalized spacial score (nSPS) is 12.0. The van der Waals surface area contributed by atoms with Crippen molar-refractivity contribution >= 4 is 29.6 Å². The van der Waals surface area contributed by atoms with Gasteiger partial charge in [0.25, 0.3) is 0 Å². The first-order valence-electron chi connectivity index (χ1n) is 15.6. The number of nitrogens with one attached hydrogen (secondary N) is 7. The molecule has 45 heavy (non-hydrogen) atoms. The van der Waals surface area contributed by atoms with Crippen LogP contribution >= 0.6 is 0 Å². The molecule has 15 nitrogen and oxygen atoms in total. The smallest absolute Gasteiger partial charge is 0.243 e. The number of guanidine groups is 1. The Labute approximate surface area is 266 Å². The lowest BCUT2D eigenvalue weighted by Crippen LogP contribution is -2.49. The minimum absolute atomic E-state index is 0.00934. The maximum atomic E-state index is 12.6. The molecule has 1 rings (SSSR count). The van der Waals surface area contributed by atoms with Gasteiger partial charge in [0.15, 0.2) is 5.96 Å². The molecule has 0 saturated carbocycles. The van der Waals surface area contributed by atoms with E-state index >= 15 is 0 Å². The second-order valence-electron chi connectivity index (χ2n) is 10.7. The van der Waals surface area contributed by atoms with Crippen LogP contribution in [0.1, 0.15) is 56.9 Å². The van der Waals surface area contributed by atoms with Crippen LogP contribution in [-0.4, -0.2) is 94.6 Å². The highest BCUT2D eigenvalue weighted by Gasteiger charge is 2.23. The number of hydrogen-bond acceptors (Lipinski definition) is 9. The van der Waals surface area contributed by atoms with Crippen molar-refractivity contribution in [3.63, 3.8) is 0 Å².